The molecule has 0 aromatic carbocycles. The Bertz CT molecular complexity index is 456. The van der Waals surface area contributed by atoms with E-state index < -0.39 is 5.97 Å². The van der Waals surface area contributed by atoms with E-state index in [9.17, 15) is 9.59 Å². The molecule has 0 saturated carbocycles. The number of hydrogen-bond acceptors (Lipinski definition) is 7. The number of methoxy groups -OCH3 is 1. The molecular weight excluding hydrogens is 296 g/mol. The fraction of sp³-hybridized carbons (Fsp3) is 0.615. The minimum absolute atomic E-state index is 0.176. The van der Waals surface area contributed by atoms with Crippen molar-refractivity contribution in [2.75, 3.05) is 32.6 Å². The smallest absolute Gasteiger partial charge is 0.316 e. The molecule has 0 fully saturated rings. The Morgan fingerprint density at radius 3 is 2.76 bits per heavy atom. The highest BCUT2D eigenvalue weighted by Crippen LogP contribution is 2.19. The summed E-state index contributed by atoms with van der Waals surface area (Å²) in [5.74, 6) is 0.793. The third kappa shape index (κ3) is 6.63. The number of nitrogens with one attached hydrogen (secondary N) is 1. The molecule has 0 spiro atoms. The molecule has 0 aliphatic carbocycles. The molecule has 7 nitrogen and oxygen atoms in total. The summed E-state index contributed by atoms with van der Waals surface area (Å²) in [6, 6.07) is 0. The molecule has 118 valence electrons. The third-order valence-electron chi connectivity index (χ3n) is 2.64. The molecule has 8 heteroatoms. The molecule has 1 aromatic heterocycles. The van der Waals surface area contributed by atoms with Gasteiger partial charge in [-0.25, -0.2) is 0 Å². The molecule has 0 bridgehead atoms. The maximum atomic E-state index is 11.5. The summed E-state index contributed by atoms with van der Waals surface area (Å²) >= 11 is 1.39. The van der Waals surface area contributed by atoms with Gasteiger partial charge in [-0.3, -0.25) is 9.59 Å². The average Bonchev–Trinajstić information content (AvgIpc) is 2.77. The fourth-order valence-electron chi connectivity index (χ4n) is 1.48. The van der Waals surface area contributed by atoms with Crippen LogP contribution in [-0.2, 0) is 24.8 Å². The summed E-state index contributed by atoms with van der Waals surface area (Å²) in [6.45, 7) is 4.24. The lowest BCUT2D eigenvalue weighted by Gasteiger charge is -2.06. The van der Waals surface area contributed by atoms with Crippen LogP contribution in [0.1, 0.15) is 17.0 Å². The molecule has 1 amide bonds. The monoisotopic (exact) mass is 316 g/mol. The summed E-state index contributed by atoms with van der Waals surface area (Å²) in [6.07, 6.45) is 0. The van der Waals surface area contributed by atoms with E-state index in [1.54, 1.807) is 7.11 Å². The van der Waals surface area contributed by atoms with Crippen molar-refractivity contribution in [1.82, 2.24) is 10.5 Å². The molecule has 1 rings (SSSR count). The van der Waals surface area contributed by atoms with Gasteiger partial charge in [-0.15, -0.1) is 11.8 Å². The number of rotatable bonds is 9. The van der Waals surface area contributed by atoms with Crippen LogP contribution >= 0.6 is 11.8 Å². The van der Waals surface area contributed by atoms with Crippen LogP contribution in [0.3, 0.4) is 0 Å². The number of thioether (sulfide) groups is 1. The second-order valence-corrected chi connectivity index (χ2v) is 5.28. The van der Waals surface area contributed by atoms with Gasteiger partial charge in [-0.05, 0) is 13.8 Å². The summed E-state index contributed by atoms with van der Waals surface area (Å²) in [7, 11) is 1.54. The predicted molar refractivity (Wildman–Crippen MR) is 78.0 cm³/mol. The summed E-state index contributed by atoms with van der Waals surface area (Å²) in [4.78, 5) is 22.8. The van der Waals surface area contributed by atoms with Crippen molar-refractivity contribution in [3.05, 3.63) is 17.0 Å². The Balaban J connectivity index is 2.15. The van der Waals surface area contributed by atoms with Crippen LogP contribution in [0.15, 0.2) is 4.52 Å². The van der Waals surface area contributed by atoms with E-state index in [0.29, 0.717) is 18.9 Å². The first-order chi connectivity index (χ1) is 10.0. The van der Waals surface area contributed by atoms with Gasteiger partial charge in [0.15, 0.2) is 6.61 Å². The van der Waals surface area contributed by atoms with Gasteiger partial charge in [-0.2, -0.15) is 0 Å². The van der Waals surface area contributed by atoms with Gasteiger partial charge >= 0.3 is 5.97 Å². The van der Waals surface area contributed by atoms with Crippen molar-refractivity contribution >= 4 is 23.6 Å². The Morgan fingerprint density at radius 1 is 1.38 bits per heavy atom. The number of aromatic nitrogens is 1. The Hall–Kier alpha value is -1.54. The Morgan fingerprint density at radius 2 is 2.14 bits per heavy atom. The summed E-state index contributed by atoms with van der Waals surface area (Å²) < 4.78 is 14.7. The average molecular weight is 316 g/mol. The largest absolute Gasteiger partial charge is 0.455 e. The van der Waals surface area contributed by atoms with Crippen molar-refractivity contribution in [3.63, 3.8) is 0 Å². The number of carbonyl (C=O) groups excluding carboxylic acids is 2. The maximum absolute atomic E-state index is 11.5. The van der Waals surface area contributed by atoms with E-state index in [4.69, 9.17) is 14.0 Å². The predicted octanol–water partition coefficient (Wildman–Crippen LogP) is 0.830. The Kier molecular flexibility index (Phi) is 7.84. The second-order valence-electron chi connectivity index (χ2n) is 4.30. The van der Waals surface area contributed by atoms with E-state index in [-0.39, 0.29) is 18.3 Å². The Labute approximate surface area is 127 Å². The molecule has 0 saturated heterocycles. The van der Waals surface area contributed by atoms with Crippen molar-refractivity contribution < 1.29 is 23.6 Å². The molecule has 0 unspecified atom stereocenters. The van der Waals surface area contributed by atoms with Gasteiger partial charge in [-0.1, -0.05) is 5.16 Å². The lowest BCUT2D eigenvalue weighted by Crippen LogP contribution is -2.31. The van der Waals surface area contributed by atoms with Gasteiger partial charge in [0.1, 0.15) is 5.76 Å². The van der Waals surface area contributed by atoms with Crippen LogP contribution in [0, 0.1) is 13.8 Å². The normalized spacial score (nSPS) is 10.4. The number of esters is 1. The van der Waals surface area contributed by atoms with Gasteiger partial charge in [0, 0.05) is 25.0 Å². The highest BCUT2D eigenvalue weighted by atomic mass is 32.2. The zero-order valence-electron chi connectivity index (χ0n) is 12.4. The minimum atomic E-state index is -0.423. The molecule has 1 aromatic rings. The zero-order valence-corrected chi connectivity index (χ0v) is 13.2. The van der Waals surface area contributed by atoms with Gasteiger partial charge in [0.2, 0.25) is 0 Å². The molecule has 21 heavy (non-hydrogen) atoms. The summed E-state index contributed by atoms with van der Waals surface area (Å²) in [5.41, 5.74) is 1.82. The molecule has 0 aliphatic heterocycles. The number of hydrogen-bond donors (Lipinski definition) is 1. The van der Waals surface area contributed by atoms with E-state index in [0.717, 1.165) is 17.0 Å². The first-order valence-electron chi connectivity index (χ1n) is 6.45. The third-order valence-corrected chi connectivity index (χ3v) is 3.57. The van der Waals surface area contributed by atoms with Crippen LogP contribution in [0.5, 0.6) is 0 Å². The van der Waals surface area contributed by atoms with E-state index in [1.807, 2.05) is 13.8 Å². The van der Waals surface area contributed by atoms with E-state index >= 15 is 0 Å². The molecular formula is C13H20N2O5S. The lowest BCUT2D eigenvalue weighted by molar-refractivity contribution is -0.145. The summed E-state index contributed by atoms with van der Waals surface area (Å²) in [5, 5.41) is 6.41. The van der Waals surface area contributed by atoms with Crippen LogP contribution in [0.4, 0.5) is 0 Å². The molecule has 1 heterocycles. The second kappa shape index (κ2) is 9.41. The number of nitrogens with zero attached hydrogens (tertiary/aromatic N) is 1. The fourth-order valence-corrected chi connectivity index (χ4v) is 2.44. The zero-order chi connectivity index (χ0) is 15.7. The number of aryl methyl sites for hydroxylation is 2. The molecule has 0 radical (unpaired) electrons. The SMILES string of the molecule is COCCNC(=O)COC(=O)CSCc1c(C)noc1C. The molecule has 0 aliphatic rings. The maximum Gasteiger partial charge on any atom is 0.316 e. The first kappa shape index (κ1) is 17.5. The van der Waals surface area contributed by atoms with Crippen molar-refractivity contribution in [2.24, 2.45) is 0 Å². The number of carbonyl (C=O) groups is 2. The topological polar surface area (TPSA) is 90.7 Å². The quantitative estimate of drug-likeness (QED) is 0.533. The van der Waals surface area contributed by atoms with Gasteiger partial charge in [0.05, 0.1) is 18.1 Å². The number of amides is 1. The minimum Gasteiger partial charge on any atom is -0.455 e. The highest BCUT2D eigenvalue weighted by molar-refractivity contribution is 7.99. The van der Waals surface area contributed by atoms with Crippen LogP contribution < -0.4 is 5.32 Å². The molecule has 1 N–H and O–H groups in total. The lowest BCUT2D eigenvalue weighted by atomic mass is 10.2. The van der Waals surface area contributed by atoms with Crippen LogP contribution in [0.25, 0.3) is 0 Å². The van der Waals surface area contributed by atoms with Crippen LogP contribution in [0.2, 0.25) is 0 Å². The van der Waals surface area contributed by atoms with Crippen molar-refractivity contribution in [3.8, 4) is 0 Å². The van der Waals surface area contributed by atoms with Gasteiger partial charge < -0.3 is 19.3 Å². The first-order valence-corrected chi connectivity index (χ1v) is 7.60. The van der Waals surface area contributed by atoms with E-state index in [1.165, 1.54) is 11.8 Å². The van der Waals surface area contributed by atoms with Crippen molar-refractivity contribution in [2.45, 2.75) is 19.6 Å². The highest BCUT2D eigenvalue weighted by Gasteiger charge is 2.11. The van der Waals surface area contributed by atoms with Crippen molar-refractivity contribution in [1.29, 1.82) is 0 Å². The van der Waals surface area contributed by atoms with E-state index in [2.05, 4.69) is 10.5 Å². The van der Waals surface area contributed by atoms with Crippen LogP contribution in [-0.4, -0.2) is 49.7 Å². The molecule has 0 atom stereocenters. The van der Waals surface area contributed by atoms with Gasteiger partial charge in [0.25, 0.3) is 5.91 Å². The standard InChI is InChI=1S/C13H20N2O5S/c1-9-11(10(2)20-15-9)7-21-8-13(17)19-6-12(16)14-4-5-18-3/h4-8H2,1-3H3,(H,14,16). The number of ether oxygens (including phenoxy) is 2.